The van der Waals surface area contributed by atoms with Gasteiger partial charge in [0.1, 0.15) is 17.2 Å². The zero-order valence-electron chi connectivity index (χ0n) is 13.7. The third kappa shape index (κ3) is 4.21. The van der Waals surface area contributed by atoms with E-state index in [1.807, 2.05) is 6.92 Å². The predicted molar refractivity (Wildman–Crippen MR) is 90.6 cm³/mol. The Bertz CT molecular complexity index is 820. The quantitative estimate of drug-likeness (QED) is 0.628. The summed E-state index contributed by atoms with van der Waals surface area (Å²) in [6.45, 7) is 3.95. The molecule has 0 saturated carbocycles. The number of carbonyl (C=O) groups is 3. The van der Waals surface area contributed by atoms with Crippen LogP contribution < -0.4 is 15.8 Å². The number of nitrogens with two attached hydrogens (primary N) is 1. The van der Waals surface area contributed by atoms with Crippen LogP contribution in [0.4, 0.5) is 0 Å². The maximum atomic E-state index is 12.5. The Labute approximate surface area is 147 Å². The molecule has 2 rings (SSSR count). The summed E-state index contributed by atoms with van der Waals surface area (Å²) in [6.07, 6.45) is 1.13. The van der Waals surface area contributed by atoms with E-state index in [-0.39, 0.29) is 12.8 Å². The zero-order valence-corrected chi connectivity index (χ0v) is 14.6. The second-order valence-electron chi connectivity index (χ2n) is 5.22. The number of aromatic nitrogens is 2. The predicted octanol–water partition coefficient (Wildman–Crippen LogP) is 0.847. The molecule has 9 nitrogen and oxygen atoms in total. The molecule has 0 saturated heterocycles. The van der Waals surface area contributed by atoms with E-state index in [1.165, 1.54) is 6.33 Å². The number of primary amides is 1. The van der Waals surface area contributed by atoms with Crippen molar-refractivity contribution in [3.8, 4) is 5.88 Å². The summed E-state index contributed by atoms with van der Waals surface area (Å²) in [5, 5.41) is 12.2. The molecule has 0 radical (unpaired) electrons. The molecule has 2 heterocycles. The van der Waals surface area contributed by atoms with E-state index in [1.54, 1.807) is 6.92 Å². The van der Waals surface area contributed by atoms with E-state index in [0.717, 1.165) is 11.3 Å². The number of fused-ring (bicyclic) bond motifs is 1. The van der Waals surface area contributed by atoms with Crippen molar-refractivity contribution in [1.29, 1.82) is 0 Å². The Morgan fingerprint density at radius 3 is 2.72 bits per heavy atom. The summed E-state index contributed by atoms with van der Waals surface area (Å²) in [4.78, 5) is 43.7. The summed E-state index contributed by atoms with van der Waals surface area (Å²) in [7, 11) is 0. The number of carboxylic acids is 1. The largest absolute Gasteiger partial charge is 0.480 e. The van der Waals surface area contributed by atoms with Crippen molar-refractivity contribution in [3.05, 3.63) is 16.8 Å². The Morgan fingerprint density at radius 2 is 2.12 bits per heavy atom. The maximum Gasteiger partial charge on any atom is 0.326 e. The van der Waals surface area contributed by atoms with Gasteiger partial charge in [-0.2, -0.15) is 0 Å². The number of hydrogen-bond acceptors (Lipinski definition) is 7. The molecule has 134 valence electrons. The lowest BCUT2D eigenvalue weighted by Gasteiger charge is -2.13. The van der Waals surface area contributed by atoms with Crippen LogP contribution in [-0.2, 0) is 9.59 Å². The van der Waals surface area contributed by atoms with Gasteiger partial charge in [-0.25, -0.2) is 14.8 Å². The van der Waals surface area contributed by atoms with Gasteiger partial charge >= 0.3 is 5.97 Å². The average Bonchev–Trinajstić information content (AvgIpc) is 2.89. The summed E-state index contributed by atoms with van der Waals surface area (Å²) in [5.74, 6) is -2.04. The SMILES string of the molecule is CCOc1ncnc2sc(C(=O)NC(CCC(N)=O)C(=O)O)c(C)c12. The van der Waals surface area contributed by atoms with Gasteiger partial charge in [-0.3, -0.25) is 9.59 Å². The number of carbonyl (C=O) groups excluding carboxylic acids is 2. The molecule has 0 fully saturated rings. The Kier molecular flexibility index (Phi) is 5.86. The van der Waals surface area contributed by atoms with Crippen LogP contribution in [0, 0.1) is 6.92 Å². The molecule has 0 spiro atoms. The van der Waals surface area contributed by atoms with Gasteiger partial charge < -0.3 is 20.9 Å². The number of nitrogens with one attached hydrogen (secondary N) is 1. The molecule has 0 aliphatic heterocycles. The lowest BCUT2D eigenvalue weighted by Crippen LogP contribution is -2.41. The van der Waals surface area contributed by atoms with Crippen LogP contribution in [0.3, 0.4) is 0 Å². The molecule has 2 aromatic rings. The number of thiophene rings is 1. The van der Waals surface area contributed by atoms with Crippen LogP contribution in [0.2, 0.25) is 0 Å². The Morgan fingerprint density at radius 1 is 1.40 bits per heavy atom. The van der Waals surface area contributed by atoms with Crippen LogP contribution in [0.15, 0.2) is 6.33 Å². The van der Waals surface area contributed by atoms with Gasteiger partial charge in [-0.15, -0.1) is 11.3 Å². The second kappa shape index (κ2) is 7.88. The first-order chi connectivity index (χ1) is 11.8. The number of aliphatic carboxylic acids is 1. The topological polar surface area (TPSA) is 144 Å². The fourth-order valence-electron chi connectivity index (χ4n) is 2.27. The fraction of sp³-hybridized carbons (Fsp3) is 0.400. The summed E-state index contributed by atoms with van der Waals surface area (Å²) in [5.41, 5.74) is 5.64. The Balaban J connectivity index is 2.29. The standard InChI is InChI=1S/C15H18N4O5S/c1-3-24-13-10-7(2)11(25-14(10)18-6-17-13)12(21)19-8(15(22)23)4-5-9(16)20/h6,8H,3-5H2,1-2H3,(H2,16,20)(H,19,21)(H,22,23). The highest BCUT2D eigenvalue weighted by atomic mass is 32.1. The van der Waals surface area contributed by atoms with Crippen molar-refractivity contribution in [3.63, 3.8) is 0 Å². The normalized spacial score (nSPS) is 11.9. The molecule has 2 aromatic heterocycles. The van der Waals surface area contributed by atoms with Gasteiger partial charge in [0.15, 0.2) is 0 Å². The van der Waals surface area contributed by atoms with E-state index < -0.39 is 23.8 Å². The maximum absolute atomic E-state index is 12.5. The average molecular weight is 366 g/mol. The fourth-order valence-corrected chi connectivity index (χ4v) is 3.31. The molecule has 4 N–H and O–H groups in total. The third-order valence-corrected chi connectivity index (χ3v) is 4.66. The number of carboxylic acid groups (broad SMARTS) is 1. The minimum absolute atomic E-state index is 0.0790. The Hall–Kier alpha value is -2.75. The number of rotatable bonds is 8. The molecule has 0 aliphatic carbocycles. The van der Waals surface area contributed by atoms with Crippen LogP contribution in [-0.4, -0.2) is 45.5 Å². The molecule has 2 amide bonds. The van der Waals surface area contributed by atoms with E-state index in [9.17, 15) is 19.5 Å². The van der Waals surface area contributed by atoms with Crippen molar-refractivity contribution in [1.82, 2.24) is 15.3 Å². The molecule has 10 heteroatoms. The van der Waals surface area contributed by atoms with Gasteiger partial charge in [0.25, 0.3) is 5.91 Å². The van der Waals surface area contributed by atoms with E-state index in [4.69, 9.17) is 10.5 Å². The van der Waals surface area contributed by atoms with Gasteiger partial charge in [0.2, 0.25) is 11.8 Å². The van der Waals surface area contributed by atoms with Crippen molar-refractivity contribution < 1.29 is 24.2 Å². The molecule has 0 aromatic carbocycles. The van der Waals surface area contributed by atoms with E-state index in [2.05, 4.69) is 15.3 Å². The smallest absolute Gasteiger partial charge is 0.326 e. The van der Waals surface area contributed by atoms with Crippen LogP contribution in [0.1, 0.15) is 35.0 Å². The van der Waals surface area contributed by atoms with Gasteiger partial charge in [-0.1, -0.05) is 0 Å². The highest BCUT2D eigenvalue weighted by Gasteiger charge is 2.25. The first-order valence-corrected chi connectivity index (χ1v) is 8.35. The van der Waals surface area contributed by atoms with Crippen LogP contribution in [0.5, 0.6) is 5.88 Å². The highest BCUT2D eigenvalue weighted by Crippen LogP contribution is 2.34. The number of hydrogen-bond donors (Lipinski definition) is 3. The monoisotopic (exact) mass is 366 g/mol. The molecule has 1 unspecified atom stereocenters. The lowest BCUT2D eigenvalue weighted by molar-refractivity contribution is -0.139. The molecule has 0 bridgehead atoms. The van der Waals surface area contributed by atoms with Crippen LogP contribution >= 0.6 is 11.3 Å². The number of amides is 2. The van der Waals surface area contributed by atoms with Gasteiger partial charge in [0, 0.05) is 6.42 Å². The molecular formula is C15H18N4O5S. The first kappa shape index (κ1) is 18.6. The summed E-state index contributed by atoms with van der Waals surface area (Å²) < 4.78 is 5.46. The minimum atomic E-state index is -1.23. The third-order valence-electron chi connectivity index (χ3n) is 3.46. The number of aryl methyl sites for hydroxylation is 1. The van der Waals surface area contributed by atoms with Crippen LogP contribution in [0.25, 0.3) is 10.2 Å². The number of nitrogens with zero attached hydrogens (tertiary/aromatic N) is 2. The van der Waals surface area contributed by atoms with E-state index in [0.29, 0.717) is 33.1 Å². The van der Waals surface area contributed by atoms with Crippen molar-refractivity contribution >= 4 is 39.3 Å². The van der Waals surface area contributed by atoms with Crippen molar-refractivity contribution in [2.45, 2.75) is 32.7 Å². The first-order valence-electron chi connectivity index (χ1n) is 7.54. The second-order valence-corrected chi connectivity index (χ2v) is 6.22. The highest BCUT2D eigenvalue weighted by molar-refractivity contribution is 7.20. The molecule has 0 aliphatic rings. The van der Waals surface area contributed by atoms with Gasteiger partial charge in [-0.05, 0) is 25.8 Å². The van der Waals surface area contributed by atoms with E-state index >= 15 is 0 Å². The molecular weight excluding hydrogens is 348 g/mol. The van der Waals surface area contributed by atoms with Gasteiger partial charge in [0.05, 0.1) is 16.9 Å². The van der Waals surface area contributed by atoms with Crippen molar-refractivity contribution in [2.75, 3.05) is 6.61 Å². The zero-order chi connectivity index (χ0) is 18.6. The minimum Gasteiger partial charge on any atom is -0.480 e. The summed E-state index contributed by atoms with van der Waals surface area (Å²) >= 11 is 1.12. The molecule has 25 heavy (non-hydrogen) atoms. The molecule has 1 atom stereocenters. The van der Waals surface area contributed by atoms with Crippen molar-refractivity contribution in [2.24, 2.45) is 5.73 Å². The lowest BCUT2D eigenvalue weighted by atomic mass is 10.1. The summed E-state index contributed by atoms with van der Waals surface area (Å²) in [6, 6.07) is -1.21. The number of ether oxygens (including phenoxy) is 1.